The fraction of sp³-hybridized carbons (Fsp3) is 0.286. The van der Waals surface area contributed by atoms with Crippen molar-refractivity contribution in [3.05, 3.63) is 59.9 Å². The molecule has 3 rings (SSSR count). The normalized spacial score (nSPS) is 10.7. The third kappa shape index (κ3) is 5.07. The molecule has 152 valence electrons. The number of hydrogen-bond acceptors (Lipinski definition) is 7. The van der Waals surface area contributed by atoms with Gasteiger partial charge < -0.3 is 14.6 Å². The molecule has 8 heteroatoms. The number of hydrogen-bond donors (Lipinski definition) is 1. The molecule has 0 spiro atoms. The Balaban J connectivity index is 1.63. The molecule has 2 heterocycles. The van der Waals surface area contributed by atoms with E-state index in [2.05, 4.69) is 26.7 Å². The molecule has 3 aromatic rings. The minimum Gasteiger partial charge on any atom is -0.492 e. The van der Waals surface area contributed by atoms with Crippen LogP contribution in [-0.4, -0.2) is 32.9 Å². The Bertz CT molecular complexity index is 1010. The summed E-state index contributed by atoms with van der Waals surface area (Å²) in [6.07, 6.45) is 1.84. The average molecular weight is 429 g/mol. The third-order valence-corrected chi connectivity index (χ3v) is 6.32. The summed E-state index contributed by atoms with van der Waals surface area (Å²) >= 11 is 2.82. The highest BCUT2D eigenvalue weighted by molar-refractivity contribution is 8.01. The Hall–Kier alpha value is -2.58. The molecule has 0 aliphatic carbocycles. The van der Waals surface area contributed by atoms with Crippen molar-refractivity contribution in [3.63, 3.8) is 0 Å². The molecular formula is C21H24N4O2S2. The van der Waals surface area contributed by atoms with E-state index < -0.39 is 0 Å². The first-order chi connectivity index (χ1) is 14.0. The van der Waals surface area contributed by atoms with Gasteiger partial charge in [-0.25, -0.2) is 0 Å². The van der Waals surface area contributed by atoms with E-state index in [1.807, 2.05) is 57.2 Å². The second kappa shape index (κ2) is 9.76. The van der Waals surface area contributed by atoms with Crippen LogP contribution in [0.5, 0.6) is 5.75 Å². The lowest BCUT2D eigenvalue weighted by atomic mass is 10.2. The van der Waals surface area contributed by atoms with E-state index in [1.54, 1.807) is 0 Å². The molecule has 6 nitrogen and oxygen atoms in total. The molecule has 0 saturated carbocycles. The zero-order chi connectivity index (χ0) is 20.8. The van der Waals surface area contributed by atoms with Crippen LogP contribution in [0.15, 0.2) is 47.3 Å². The number of ketones is 1. The van der Waals surface area contributed by atoms with E-state index in [0.29, 0.717) is 24.0 Å². The molecule has 0 saturated heterocycles. The molecule has 0 radical (unpaired) electrons. The number of thioether (sulfide) groups is 1. The number of ether oxygens (including phenoxy) is 1. The smallest absolute Gasteiger partial charge is 0.210 e. The zero-order valence-corrected chi connectivity index (χ0v) is 18.4. The number of aromatic nitrogens is 3. The molecule has 29 heavy (non-hydrogen) atoms. The summed E-state index contributed by atoms with van der Waals surface area (Å²) in [5.74, 6) is 1.18. The number of benzene rings is 1. The SMILES string of the molecule is C=CCn1c(C)cc(C(=O)CSc2nnc(Nc3ccccc3OCC)s2)c1C. The number of anilines is 2. The lowest BCUT2D eigenvalue weighted by Crippen LogP contribution is -2.06. The first kappa shape index (κ1) is 21.1. The molecule has 0 unspecified atom stereocenters. The summed E-state index contributed by atoms with van der Waals surface area (Å²) < 4.78 is 8.46. The van der Waals surface area contributed by atoms with Crippen LogP contribution in [0.3, 0.4) is 0 Å². The highest BCUT2D eigenvalue weighted by Crippen LogP contribution is 2.32. The number of rotatable bonds is 10. The van der Waals surface area contributed by atoms with Crippen molar-refractivity contribution in [2.45, 2.75) is 31.7 Å². The second-order valence-electron chi connectivity index (χ2n) is 6.32. The number of allylic oxidation sites excluding steroid dienone is 1. The molecule has 0 aliphatic heterocycles. The number of nitrogens with zero attached hydrogens (tertiary/aromatic N) is 3. The lowest BCUT2D eigenvalue weighted by molar-refractivity contribution is 0.102. The van der Waals surface area contributed by atoms with E-state index in [-0.39, 0.29) is 5.78 Å². The van der Waals surface area contributed by atoms with Crippen LogP contribution in [0.25, 0.3) is 0 Å². The van der Waals surface area contributed by atoms with Crippen LogP contribution >= 0.6 is 23.1 Å². The van der Waals surface area contributed by atoms with Gasteiger partial charge in [0.25, 0.3) is 0 Å². The van der Waals surface area contributed by atoms with Gasteiger partial charge in [0.1, 0.15) is 5.75 Å². The topological polar surface area (TPSA) is 69.0 Å². The Kier molecular flexibility index (Phi) is 7.11. The fourth-order valence-corrected chi connectivity index (χ4v) is 4.63. The van der Waals surface area contributed by atoms with Crippen molar-refractivity contribution >= 4 is 39.7 Å². The Morgan fingerprint density at radius 1 is 1.34 bits per heavy atom. The van der Waals surface area contributed by atoms with Gasteiger partial charge in [0, 0.05) is 23.5 Å². The van der Waals surface area contributed by atoms with Gasteiger partial charge in [-0.05, 0) is 39.0 Å². The van der Waals surface area contributed by atoms with Gasteiger partial charge in [0.2, 0.25) is 5.13 Å². The lowest BCUT2D eigenvalue weighted by Gasteiger charge is -2.09. The highest BCUT2D eigenvalue weighted by atomic mass is 32.2. The summed E-state index contributed by atoms with van der Waals surface area (Å²) in [4.78, 5) is 12.7. The third-order valence-electron chi connectivity index (χ3n) is 4.35. The number of aryl methyl sites for hydroxylation is 1. The standard InChI is InChI=1S/C21H24N4O2S2/c1-5-11-25-14(3)12-16(15(25)4)18(26)13-28-21-24-23-20(29-21)22-17-9-7-8-10-19(17)27-6-2/h5,7-10,12H,1,6,11,13H2,2-4H3,(H,22,23). The van der Waals surface area contributed by atoms with Crippen LogP contribution < -0.4 is 10.1 Å². The maximum absolute atomic E-state index is 12.7. The number of nitrogens with one attached hydrogen (secondary N) is 1. The summed E-state index contributed by atoms with van der Waals surface area (Å²) in [5, 5.41) is 12.3. The molecule has 1 aromatic carbocycles. The predicted molar refractivity (Wildman–Crippen MR) is 120 cm³/mol. The molecule has 1 N–H and O–H groups in total. The van der Waals surface area contributed by atoms with E-state index in [1.165, 1.54) is 23.1 Å². The molecule has 0 bridgehead atoms. The van der Waals surface area contributed by atoms with E-state index >= 15 is 0 Å². The molecule has 0 aliphatic rings. The van der Waals surface area contributed by atoms with Crippen molar-refractivity contribution in [3.8, 4) is 5.75 Å². The predicted octanol–water partition coefficient (Wildman–Crippen LogP) is 5.26. The van der Waals surface area contributed by atoms with Crippen molar-refractivity contribution in [2.24, 2.45) is 0 Å². The summed E-state index contributed by atoms with van der Waals surface area (Å²) in [5.41, 5.74) is 3.63. The molecule has 0 fully saturated rings. The van der Waals surface area contributed by atoms with Crippen LogP contribution in [-0.2, 0) is 6.54 Å². The Morgan fingerprint density at radius 2 is 2.14 bits per heavy atom. The number of carbonyl (C=O) groups excluding carboxylic acids is 1. The van der Waals surface area contributed by atoms with Crippen LogP contribution in [0.2, 0.25) is 0 Å². The maximum atomic E-state index is 12.7. The average Bonchev–Trinajstić information content (AvgIpc) is 3.27. The van der Waals surface area contributed by atoms with Gasteiger partial charge in [0.05, 0.1) is 18.0 Å². The minimum atomic E-state index is 0.0878. The first-order valence-corrected chi connectivity index (χ1v) is 11.1. The number of para-hydroxylation sites is 2. The number of carbonyl (C=O) groups is 1. The van der Waals surface area contributed by atoms with Gasteiger partial charge in [-0.2, -0.15) is 0 Å². The van der Waals surface area contributed by atoms with Crippen molar-refractivity contribution in [1.82, 2.24) is 14.8 Å². The Morgan fingerprint density at radius 3 is 2.90 bits per heavy atom. The van der Waals surface area contributed by atoms with Gasteiger partial charge in [-0.15, -0.1) is 16.8 Å². The van der Waals surface area contributed by atoms with Gasteiger partial charge in [-0.3, -0.25) is 4.79 Å². The highest BCUT2D eigenvalue weighted by Gasteiger charge is 2.16. The van der Waals surface area contributed by atoms with Gasteiger partial charge in [-0.1, -0.05) is 41.3 Å². The zero-order valence-electron chi connectivity index (χ0n) is 16.8. The Labute approximate surface area is 179 Å². The van der Waals surface area contributed by atoms with Crippen LogP contribution in [0, 0.1) is 13.8 Å². The van der Waals surface area contributed by atoms with Crippen molar-refractivity contribution < 1.29 is 9.53 Å². The van der Waals surface area contributed by atoms with Gasteiger partial charge >= 0.3 is 0 Å². The molecular weight excluding hydrogens is 404 g/mol. The fourth-order valence-electron chi connectivity index (χ4n) is 2.98. The largest absolute Gasteiger partial charge is 0.492 e. The first-order valence-electron chi connectivity index (χ1n) is 9.29. The molecule has 0 atom stereocenters. The maximum Gasteiger partial charge on any atom is 0.210 e. The summed E-state index contributed by atoms with van der Waals surface area (Å²) in [7, 11) is 0. The number of Topliss-reactive ketones (excluding diaryl/α,β-unsaturated/α-hetero) is 1. The summed E-state index contributed by atoms with van der Waals surface area (Å²) in [6, 6.07) is 9.64. The van der Waals surface area contributed by atoms with E-state index in [4.69, 9.17) is 4.74 Å². The van der Waals surface area contributed by atoms with Crippen LogP contribution in [0.4, 0.5) is 10.8 Å². The molecule has 2 aromatic heterocycles. The molecule has 0 amide bonds. The van der Waals surface area contributed by atoms with E-state index in [0.717, 1.165) is 32.7 Å². The van der Waals surface area contributed by atoms with Crippen molar-refractivity contribution in [1.29, 1.82) is 0 Å². The quantitative estimate of drug-likeness (QED) is 0.270. The monoisotopic (exact) mass is 428 g/mol. The summed E-state index contributed by atoms with van der Waals surface area (Å²) in [6.45, 7) is 11.0. The van der Waals surface area contributed by atoms with Crippen LogP contribution in [0.1, 0.15) is 28.7 Å². The second-order valence-corrected chi connectivity index (χ2v) is 8.52. The van der Waals surface area contributed by atoms with Crippen molar-refractivity contribution in [2.75, 3.05) is 17.7 Å². The minimum absolute atomic E-state index is 0.0878. The van der Waals surface area contributed by atoms with E-state index in [9.17, 15) is 4.79 Å². The van der Waals surface area contributed by atoms with Gasteiger partial charge in [0.15, 0.2) is 10.1 Å².